The molecule has 0 N–H and O–H groups in total. The van der Waals surface area contributed by atoms with Crippen LogP contribution in [0.5, 0.6) is 0 Å². The normalized spacial score (nSPS) is 19.0. The number of aromatic nitrogens is 1. The Balaban J connectivity index is 1.45. The number of oxazole rings is 1. The van der Waals surface area contributed by atoms with E-state index in [2.05, 4.69) is 4.98 Å². The number of aryl methyl sites for hydroxylation is 3. The van der Waals surface area contributed by atoms with Gasteiger partial charge in [-0.15, -0.1) is 0 Å². The van der Waals surface area contributed by atoms with Crippen LogP contribution in [0.1, 0.15) is 52.0 Å². The molecule has 4 rings (SSSR count). The Kier molecular flexibility index (Phi) is 6.18. The van der Waals surface area contributed by atoms with Gasteiger partial charge in [0.25, 0.3) is 5.91 Å². The van der Waals surface area contributed by atoms with Gasteiger partial charge in [0.2, 0.25) is 10.0 Å². The van der Waals surface area contributed by atoms with Gasteiger partial charge in [-0.1, -0.05) is 12.1 Å². The van der Waals surface area contributed by atoms with Crippen LogP contribution < -0.4 is 0 Å². The summed E-state index contributed by atoms with van der Waals surface area (Å²) >= 11 is 0. The van der Waals surface area contributed by atoms with Crippen molar-refractivity contribution >= 4 is 15.9 Å². The lowest BCUT2D eigenvalue weighted by Gasteiger charge is -2.30. The van der Waals surface area contributed by atoms with Crippen LogP contribution >= 0.6 is 0 Å². The fraction of sp³-hybridized carbons (Fsp3) is 0.545. The Morgan fingerprint density at radius 1 is 1.06 bits per heavy atom. The third kappa shape index (κ3) is 4.40. The number of nitrogens with zero attached hydrogens (tertiary/aromatic N) is 3. The summed E-state index contributed by atoms with van der Waals surface area (Å²) in [6.07, 6.45) is 1.21. The molecule has 0 radical (unpaired) electrons. The Bertz CT molecular complexity index is 1060. The molecule has 2 aliphatic rings. The highest BCUT2D eigenvalue weighted by Crippen LogP contribution is 2.32. The maximum atomic E-state index is 13.2. The minimum Gasteiger partial charge on any atom is -0.445 e. The first kappa shape index (κ1) is 22.0. The van der Waals surface area contributed by atoms with E-state index in [0.29, 0.717) is 74.5 Å². The van der Waals surface area contributed by atoms with Crippen LogP contribution in [-0.4, -0.2) is 67.9 Å². The maximum absolute atomic E-state index is 13.2. The van der Waals surface area contributed by atoms with Crippen LogP contribution in [0.3, 0.4) is 0 Å². The summed E-state index contributed by atoms with van der Waals surface area (Å²) in [5, 5.41) is 0. The molecule has 9 heteroatoms. The van der Waals surface area contributed by atoms with Gasteiger partial charge in [-0.2, -0.15) is 4.31 Å². The number of carbonyl (C=O) groups excluding carboxylic acids is 1. The molecule has 0 unspecified atom stereocenters. The predicted molar refractivity (Wildman–Crippen MR) is 115 cm³/mol. The number of benzene rings is 1. The molecule has 2 aliphatic heterocycles. The average Bonchev–Trinajstić information content (AvgIpc) is 3.17. The largest absolute Gasteiger partial charge is 0.445 e. The number of sulfonamides is 1. The Morgan fingerprint density at radius 2 is 1.74 bits per heavy atom. The van der Waals surface area contributed by atoms with Crippen molar-refractivity contribution in [3.63, 3.8) is 0 Å². The molecule has 1 aromatic heterocycles. The molecule has 0 atom stereocenters. The monoisotopic (exact) mass is 447 g/mol. The van der Waals surface area contributed by atoms with Crippen molar-refractivity contribution in [2.75, 3.05) is 39.4 Å². The zero-order valence-electron chi connectivity index (χ0n) is 18.3. The minimum atomic E-state index is -3.54. The van der Waals surface area contributed by atoms with Gasteiger partial charge < -0.3 is 14.1 Å². The zero-order chi connectivity index (χ0) is 22.2. The van der Waals surface area contributed by atoms with Crippen molar-refractivity contribution in [1.82, 2.24) is 14.2 Å². The molecule has 31 heavy (non-hydrogen) atoms. The van der Waals surface area contributed by atoms with Crippen LogP contribution in [-0.2, 0) is 14.8 Å². The van der Waals surface area contributed by atoms with Gasteiger partial charge in [-0.25, -0.2) is 13.4 Å². The molecule has 0 aliphatic carbocycles. The third-order valence-corrected chi connectivity index (χ3v) is 8.12. The molecule has 1 aromatic carbocycles. The summed E-state index contributed by atoms with van der Waals surface area (Å²) in [4.78, 5) is 19.4. The fourth-order valence-electron chi connectivity index (χ4n) is 4.17. The lowest BCUT2D eigenvalue weighted by atomic mass is 9.98. The number of hydrogen-bond donors (Lipinski definition) is 0. The van der Waals surface area contributed by atoms with Gasteiger partial charge in [0.15, 0.2) is 11.6 Å². The Hall–Kier alpha value is -2.23. The van der Waals surface area contributed by atoms with Crippen LogP contribution in [0.4, 0.5) is 0 Å². The standard InChI is InChI=1S/C22H29N3O5S/c1-15-4-5-16(2)19(14-15)31(27,28)25-8-6-18(7-9-25)21-23-20(17(3)30-21)22(26)24-10-12-29-13-11-24/h4-5,14,18H,6-13H2,1-3H3. The predicted octanol–water partition coefficient (Wildman–Crippen LogP) is 2.64. The lowest BCUT2D eigenvalue weighted by Crippen LogP contribution is -2.41. The number of hydrogen-bond acceptors (Lipinski definition) is 6. The Morgan fingerprint density at radius 3 is 2.42 bits per heavy atom. The Labute approximate surface area is 183 Å². The average molecular weight is 448 g/mol. The van der Waals surface area contributed by atoms with Crippen molar-refractivity contribution < 1.29 is 22.4 Å². The second kappa shape index (κ2) is 8.72. The zero-order valence-corrected chi connectivity index (χ0v) is 19.1. The molecule has 2 aromatic rings. The second-order valence-electron chi connectivity index (χ2n) is 8.31. The van der Waals surface area contributed by atoms with E-state index in [4.69, 9.17) is 9.15 Å². The summed E-state index contributed by atoms with van der Waals surface area (Å²) < 4.78 is 39.0. The summed E-state index contributed by atoms with van der Waals surface area (Å²) in [7, 11) is -3.54. The van der Waals surface area contributed by atoms with Crippen molar-refractivity contribution in [2.24, 2.45) is 0 Å². The van der Waals surface area contributed by atoms with E-state index in [1.54, 1.807) is 22.2 Å². The van der Waals surface area contributed by atoms with Gasteiger partial charge in [-0.05, 0) is 50.8 Å². The number of morpholine rings is 1. The topological polar surface area (TPSA) is 93.0 Å². The number of piperidine rings is 1. The molecular formula is C22H29N3O5S. The smallest absolute Gasteiger partial charge is 0.276 e. The van der Waals surface area contributed by atoms with E-state index in [-0.39, 0.29) is 11.8 Å². The van der Waals surface area contributed by atoms with Gasteiger partial charge in [0.1, 0.15) is 5.76 Å². The molecule has 0 spiro atoms. The molecule has 2 saturated heterocycles. The summed E-state index contributed by atoms with van der Waals surface area (Å²) in [6.45, 7) is 8.43. The quantitative estimate of drug-likeness (QED) is 0.715. The first-order chi connectivity index (χ1) is 14.8. The molecule has 168 valence electrons. The van der Waals surface area contributed by atoms with Crippen LogP contribution in [0.2, 0.25) is 0 Å². The number of amides is 1. The van der Waals surface area contributed by atoms with Crippen LogP contribution in [0, 0.1) is 20.8 Å². The van der Waals surface area contributed by atoms with E-state index in [0.717, 1.165) is 11.1 Å². The molecule has 2 fully saturated rings. The first-order valence-corrected chi connectivity index (χ1v) is 12.1. The second-order valence-corrected chi connectivity index (χ2v) is 10.2. The van der Waals surface area contributed by atoms with E-state index < -0.39 is 10.0 Å². The van der Waals surface area contributed by atoms with Crippen molar-refractivity contribution in [3.05, 3.63) is 46.7 Å². The van der Waals surface area contributed by atoms with Crippen LogP contribution in [0.25, 0.3) is 0 Å². The highest BCUT2D eigenvalue weighted by Gasteiger charge is 2.34. The summed E-state index contributed by atoms with van der Waals surface area (Å²) in [5.41, 5.74) is 2.02. The van der Waals surface area contributed by atoms with Crippen LogP contribution in [0.15, 0.2) is 27.5 Å². The molecule has 3 heterocycles. The van der Waals surface area contributed by atoms with Crippen molar-refractivity contribution in [2.45, 2.75) is 44.4 Å². The van der Waals surface area contributed by atoms with Gasteiger partial charge in [0, 0.05) is 32.1 Å². The SMILES string of the molecule is Cc1ccc(C)c(S(=O)(=O)N2CCC(c3nc(C(=O)N4CCOCC4)c(C)o3)CC2)c1. The third-order valence-electron chi connectivity index (χ3n) is 6.08. The number of rotatable bonds is 4. The van der Waals surface area contributed by atoms with Gasteiger partial charge in [-0.3, -0.25) is 4.79 Å². The molecule has 0 bridgehead atoms. The van der Waals surface area contributed by atoms with E-state index >= 15 is 0 Å². The fourth-order valence-corrected chi connectivity index (χ4v) is 5.95. The lowest BCUT2D eigenvalue weighted by molar-refractivity contribution is 0.0298. The molecule has 8 nitrogen and oxygen atoms in total. The van der Waals surface area contributed by atoms with E-state index in [9.17, 15) is 13.2 Å². The summed E-state index contributed by atoms with van der Waals surface area (Å²) in [5.74, 6) is 0.899. The van der Waals surface area contributed by atoms with Crippen molar-refractivity contribution in [1.29, 1.82) is 0 Å². The molecular weight excluding hydrogens is 418 g/mol. The highest BCUT2D eigenvalue weighted by atomic mass is 32.2. The highest BCUT2D eigenvalue weighted by molar-refractivity contribution is 7.89. The van der Waals surface area contributed by atoms with Gasteiger partial charge in [0.05, 0.1) is 18.1 Å². The number of carbonyl (C=O) groups is 1. The molecule has 0 saturated carbocycles. The maximum Gasteiger partial charge on any atom is 0.276 e. The van der Waals surface area contributed by atoms with E-state index in [1.165, 1.54) is 0 Å². The summed E-state index contributed by atoms with van der Waals surface area (Å²) in [6, 6.07) is 5.50. The first-order valence-electron chi connectivity index (χ1n) is 10.7. The molecule has 1 amide bonds. The minimum absolute atomic E-state index is 0.00463. The number of ether oxygens (including phenoxy) is 1. The van der Waals surface area contributed by atoms with E-state index in [1.807, 2.05) is 26.0 Å². The van der Waals surface area contributed by atoms with Gasteiger partial charge >= 0.3 is 0 Å². The van der Waals surface area contributed by atoms with Crippen molar-refractivity contribution in [3.8, 4) is 0 Å².